The van der Waals surface area contributed by atoms with Crippen molar-refractivity contribution in [3.8, 4) is 17.2 Å². The lowest BCUT2D eigenvalue weighted by Gasteiger charge is -2.13. The monoisotopic (exact) mass is 349 g/mol. The van der Waals surface area contributed by atoms with Crippen LogP contribution in [-0.4, -0.2) is 27.2 Å². The molecule has 2 rings (SSSR count). The van der Waals surface area contributed by atoms with Gasteiger partial charge in [0.15, 0.2) is 0 Å². The van der Waals surface area contributed by atoms with Crippen LogP contribution in [0.5, 0.6) is 17.2 Å². The summed E-state index contributed by atoms with van der Waals surface area (Å²) in [6.45, 7) is 0. The Balaban J connectivity index is 2.06. The van der Waals surface area contributed by atoms with Gasteiger partial charge in [-0.2, -0.15) is 0 Å². The molecule has 5 nitrogen and oxygen atoms in total. The van der Waals surface area contributed by atoms with Crippen LogP contribution in [0, 0.1) is 0 Å². The van der Waals surface area contributed by atoms with E-state index in [0.717, 1.165) is 11.3 Å². The quantitative estimate of drug-likeness (QED) is 0.822. The molecule has 0 spiro atoms. The maximum Gasteiger partial charge on any atom is 0.224 e. The first kappa shape index (κ1) is 17.9. The number of para-hydroxylation sites is 1. The number of aryl methyl sites for hydroxylation is 1. The maximum atomic E-state index is 12.2. The number of methoxy groups -OCH3 is 3. The third kappa shape index (κ3) is 4.32. The summed E-state index contributed by atoms with van der Waals surface area (Å²) in [5, 5.41) is 3.22. The number of benzene rings is 2. The van der Waals surface area contributed by atoms with E-state index in [0.29, 0.717) is 35.1 Å². The van der Waals surface area contributed by atoms with Gasteiger partial charge in [0.05, 0.1) is 32.0 Å². The lowest BCUT2D eigenvalue weighted by molar-refractivity contribution is -0.116. The average molecular weight is 350 g/mol. The SMILES string of the molecule is COc1cc(OC)c(NC(=O)CCc2ccccc2OC)cc1Cl. The van der Waals surface area contributed by atoms with Crippen molar-refractivity contribution in [1.29, 1.82) is 0 Å². The lowest BCUT2D eigenvalue weighted by Crippen LogP contribution is -2.13. The molecule has 1 N–H and O–H groups in total. The Morgan fingerprint density at radius 2 is 1.67 bits per heavy atom. The molecule has 0 aliphatic heterocycles. The van der Waals surface area contributed by atoms with Gasteiger partial charge in [0, 0.05) is 12.5 Å². The fourth-order valence-electron chi connectivity index (χ4n) is 2.33. The van der Waals surface area contributed by atoms with E-state index < -0.39 is 0 Å². The fraction of sp³-hybridized carbons (Fsp3) is 0.278. The molecular weight excluding hydrogens is 330 g/mol. The van der Waals surface area contributed by atoms with Gasteiger partial charge in [-0.1, -0.05) is 29.8 Å². The molecule has 128 valence electrons. The van der Waals surface area contributed by atoms with Gasteiger partial charge < -0.3 is 19.5 Å². The van der Waals surface area contributed by atoms with Crippen LogP contribution in [0.3, 0.4) is 0 Å². The third-order valence-corrected chi connectivity index (χ3v) is 3.86. The molecule has 2 aromatic rings. The summed E-state index contributed by atoms with van der Waals surface area (Å²) in [6.07, 6.45) is 0.884. The molecule has 24 heavy (non-hydrogen) atoms. The largest absolute Gasteiger partial charge is 0.496 e. The van der Waals surface area contributed by atoms with Crippen molar-refractivity contribution >= 4 is 23.2 Å². The van der Waals surface area contributed by atoms with Gasteiger partial charge in [-0.3, -0.25) is 4.79 Å². The summed E-state index contributed by atoms with van der Waals surface area (Å²) in [5.74, 6) is 1.61. The van der Waals surface area contributed by atoms with E-state index in [1.165, 1.54) is 14.2 Å². The number of rotatable bonds is 7. The zero-order chi connectivity index (χ0) is 17.5. The Bertz CT molecular complexity index is 718. The van der Waals surface area contributed by atoms with E-state index in [9.17, 15) is 4.79 Å². The molecule has 6 heteroatoms. The molecule has 0 aromatic heterocycles. The number of carbonyl (C=O) groups excluding carboxylic acids is 1. The summed E-state index contributed by atoms with van der Waals surface area (Å²) < 4.78 is 15.7. The molecule has 1 amide bonds. The predicted octanol–water partition coefficient (Wildman–Crippen LogP) is 3.94. The Morgan fingerprint density at radius 1 is 1.00 bits per heavy atom. The number of ether oxygens (including phenoxy) is 3. The minimum atomic E-state index is -0.138. The van der Waals surface area contributed by atoms with Gasteiger partial charge in [-0.25, -0.2) is 0 Å². The molecule has 0 heterocycles. The lowest BCUT2D eigenvalue weighted by atomic mass is 10.1. The van der Waals surface area contributed by atoms with E-state index >= 15 is 0 Å². The van der Waals surface area contributed by atoms with Crippen LogP contribution in [0.25, 0.3) is 0 Å². The first-order chi connectivity index (χ1) is 11.6. The van der Waals surface area contributed by atoms with Crippen LogP contribution in [0.15, 0.2) is 36.4 Å². The smallest absolute Gasteiger partial charge is 0.224 e. The Kier molecular flexibility index (Phi) is 6.32. The van der Waals surface area contributed by atoms with Crippen molar-refractivity contribution in [2.45, 2.75) is 12.8 Å². The van der Waals surface area contributed by atoms with Crippen molar-refractivity contribution in [2.24, 2.45) is 0 Å². The molecule has 0 aliphatic rings. The third-order valence-electron chi connectivity index (χ3n) is 3.56. The first-order valence-corrected chi connectivity index (χ1v) is 7.80. The van der Waals surface area contributed by atoms with E-state index in [4.69, 9.17) is 25.8 Å². The summed E-state index contributed by atoms with van der Waals surface area (Å²) in [6, 6.07) is 10.9. The van der Waals surface area contributed by atoms with Crippen LogP contribution < -0.4 is 19.5 Å². The number of hydrogen-bond acceptors (Lipinski definition) is 4. The van der Waals surface area contributed by atoms with Gasteiger partial charge in [-0.05, 0) is 24.1 Å². The standard InChI is InChI=1S/C18H20ClNO4/c1-22-15-7-5-4-6-12(15)8-9-18(21)20-14-10-13(19)16(23-2)11-17(14)24-3/h4-7,10-11H,8-9H2,1-3H3,(H,20,21). The Hall–Kier alpha value is -2.40. The second kappa shape index (κ2) is 8.45. The van der Waals surface area contributed by atoms with Crippen LogP contribution in [0.4, 0.5) is 5.69 Å². The van der Waals surface area contributed by atoms with Crippen molar-refractivity contribution in [1.82, 2.24) is 0 Å². The van der Waals surface area contributed by atoms with Gasteiger partial charge in [0.1, 0.15) is 17.2 Å². The summed E-state index contributed by atoms with van der Waals surface area (Å²) in [4.78, 5) is 12.2. The summed E-state index contributed by atoms with van der Waals surface area (Å²) in [7, 11) is 4.66. The average Bonchev–Trinajstić information content (AvgIpc) is 2.60. The number of anilines is 1. The highest BCUT2D eigenvalue weighted by Gasteiger charge is 2.13. The minimum absolute atomic E-state index is 0.138. The van der Waals surface area contributed by atoms with Crippen LogP contribution in [0.2, 0.25) is 5.02 Å². The zero-order valence-electron chi connectivity index (χ0n) is 13.9. The molecule has 0 bridgehead atoms. The second-order valence-corrected chi connectivity index (χ2v) is 5.45. The molecule has 0 unspecified atom stereocenters. The Labute approximate surface area is 146 Å². The number of carbonyl (C=O) groups is 1. The number of amides is 1. The van der Waals surface area contributed by atoms with Gasteiger partial charge in [0.25, 0.3) is 0 Å². The van der Waals surface area contributed by atoms with E-state index in [2.05, 4.69) is 5.32 Å². The minimum Gasteiger partial charge on any atom is -0.496 e. The highest BCUT2D eigenvalue weighted by molar-refractivity contribution is 6.32. The molecule has 0 saturated heterocycles. The number of halogens is 1. The van der Waals surface area contributed by atoms with Gasteiger partial charge >= 0.3 is 0 Å². The second-order valence-electron chi connectivity index (χ2n) is 5.05. The van der Waals surface area contributed by atoms with E-state index in [1.807, 2.05) is 24.3 Å². The summed E-state index contributed by atoms with van der Waals surface area (Å²) in [5.41, 5.74) is 1.49. The Morgan fingerprint density at radius 3 is 2.33 bits per heavy atom. The number of hydrogen-bond donors (Lipinski definition) is 1. The number of nitrogens with one attached hydrogen (secondary N) is 1. The van der Waals surface area contributed by atoms with Crippen molar-refractivity contribution < 1.29 is 19.0 Å². The van der Waals surface area contributed by atoms with Crippen molar-refractivity contribution in [2.75, 3.05) is 26.6 Å². The van der Waals surface area contributed by atoms with Gasteiger partial charge in [-0.15, -0.1) is 0 Å². The van der Waals surface area contributed by atoms with Gasteiger partial charge in [0.2, 0.25) is 5.91 Å². The molecule has 0 radical (unpaired) electrons. The maximum absolute atomic E-state index is 12.2. The predicted molar refractivity (Wildman–Crippen MR) is 94.5 cm³/mol. The topological polar surface area (TPSA) is 56.8 Å². The van der Waals surface area contributed by atoms with Crippen LogP contribution in [-0.2, 0) is 11.2 Å². The summed E-state index contributed by atoms with van der Waals surface area (Å²) >= 11 is 6.11. The molecule has 0 saturated carbocycles. The zero-order valence-corrected chi connectivity index (χ0v) is 14.6. The van der Waals surface area contributed by atoms with E-state index in [-0.39, 0.29) is 5.91 Å². The van der Waals surface area contributed by atoms with Crippen molar-refractivity contribution in [3.05, 3.63) is 47.0 Å². The molecular formula is C18H20ClNO4. The molecule has 0 aliphatic carbocycles. The molecule has 0 atom stereocenters. The highest BCUT2D eigenvalue weighted by atomic mass is 35.5. The van der Waals surface area contributed by atoms with E-state index in [1.54, 1.807) is 19.2 Å². The van der Waals surface area contributed by atoms with Crippen LogP contribution >= 0.6 is 11.6 Å². The first-order valence-electron chi connectivity index (χ1n) is 7.42. The normalized spacial score (nSPS) is 10.2. The highest BCUT2D eigenvalue weighted by Crippen LogP contribution is 2.36. The van der Waals surface area contributed by atoms with Crippen molar-refractivity contribution in [3.63, 3.8) is 0 Å². The van der Waals surface area contributed by atoms with Crippen LogP contribution in [0.1, 0.15) is 12.0 Å². The molecule has 2 aromatic carbocycles. The fourth-order valence-corrected chi connectivity index (χ4v) is 2.57. The molecule has 0 fully saturated rings.